The lowest BCUT2D eigenvalue weighted by Gasteiger charge is -2.34. The predicted molar refractivity (Wildman–Crippen MR) is 65.4 cm³/mol. The van der Waals surface area contributed by atoms with Gasteiger partial charge in [0.1, 0.15) is 0 Å². The van der Waals surface area contributed by atoms with Crippen LogP contribution in [0.1, 0.15) is 40.3 Å². The van der Waals surface area contributed by atoms with E-state index in [1.807, 2.05) is 24.4 Å². The minimum atomic E-state index is -0.0788. The zero-order valence-corrected chi connectivity index (χ0v) is 10.3. The van der Waals surface area contributed by atoms with Crippen molar-refractivity contribution >= 4 is 6.21 Å². The zero-order valence-electron chi connectivity index (χ0n) is 10.3. The minimum Gasteiger partial charge on any atom is -0.284 e. The molecule has 82 valence electrons. The van der Waals surface area contributed by atoms with E-state index in [0.717, 1.165) is 5.69 Å². The molecule has 0 atom stereocenters. The lowest BCUT2D eigenvalue weighted by Crippen LogP contribution is -2.34. The highest BCUT2D eigenvalue weighted by molar-refractivity contribution is 5.77. The summed E-state index contributed by atoms with van der Waals surface area (Å²) in [4.78, 5) is 8.82. The zero-order chi connectivity index (χ0) is 11.5. The first kappa shape index (κ1) is 11.9. The number of rotatable bonds is 2. The molecule has 2 nitrogen and oxygen atoms in total. The van der Waals surface area contributed by atoms with Gasteiger partial charge in [0.15, 0.2) is 0 Å². The molecule has 0 fully saturated rings. The van der Waals surface area contributed by atoms with Crippen molar-refractivity contribution in [3.05, 3.63) is 30.1 Å². The summed E-state index contributed by atoms with van der Waals surface area (Å²) < 4.78 is 0. The van der Waals surface area contributed by atoms with Crippen molar-refractivity contribution in [2.75, 3.05) is 0 Å². The van der Waals surface area contributed by atoms with Gasteiger partial charge in [-0.15, -0.1) is 0 Å². The summed E-state index contributed by atoms with van der Waals surface area (Å²) in [5.41, 5.74) is 0.984. The first-order chi connectivity index (χ1) is 6.83. The van der Waals surface area contributed by atoms with E-state index in [4.69, 9.17) is 0 Å². The summed E-state index contributed by atoms with van der Waals surface area (Å²) >= 11 is 0. The third-order valence-corrected chi connectivity index (χ3v) is 3.04. The average molecular weight is 204 g/mol. The molecule has 0 amide bonds. The third kappa shape index (κ3) is 3.15. The Morgan fingerprint density at radius 1 is 1.13 bits per heavy atom. The Balaban J connectivity index is 2.83. The molecule has 0 aliphatic rings. The summed E-state index contributed by atoms with van der Waals surface area (Å²) in [5.74, 6) is 0. The topological polar surface area (TPSA) is 25.2 Å². The van der Waals surface area contributed by atoms with Gasteiger partial charge in [0, 0.05) is 12.4 Å². The van der Waals surface area contributed by atoms with E-state index >= 15 is 0 Å². The molecule has 2 heteroatoms. The van der Waals surface area contributed by atoms with Gasteiger partial charge in [-0.05, 0) is 31.4 Å². The van der Waals surface area contributed by atoms with Crippen LogP contribution in [-0.4, -0.2) is 16.7 Å². The summed E-state index contributed by atoms with van der Waals surface area (Å²) in [6, 6.07) is 5.84. The number of hydrogen-bond acceptors (Lipinski definition) is 2. The fourth-order valence-electron chi connectivity index (χ4n) is 0.873. The van der Waals surface area contributed by atoms with E-state index in [1.54, 1.807) is 6.20 Å². The summed E-state index contributed by atoms with van der Waals surface area (Å²) in [5, 5.41) is 0. The van der Waals surface area contributed by atoms with Crippen molar-refractivity contribution in [3.63, 3.8) is 0 Å². The Morgan fingerprint density at radius 3 is 2.27 bits per heavy atom. The van der Waals surface area contributed by atoms with Gasteiger partial charge < -0.3 is 0 Å². The van der Waals surface area contributed by atoms with Gasteiger partial charge in [-0.25, -0.2) is 0 Å². The number of aliphatic imine (C=N–C) groups is 1. The van der Waals surface area contributed by atoms with Crippen molar-refractivity contribution in [2.45, 2.75) is 40.2 Å². The maximum Gasteiger partial charge on any atom is 0.0808 e. The summed E-state index contributed by atoms with van der Waals surface area (Å²) in [6.07, 6.45) is 3.64. The molecule has 0 N–H and O–H groups in total. The van der Waals surface area contributed by atoms with E-state index in [0.29, 0.717) is 0 Å². The Kier molecular flexibility index (Phi) is 3.28. The van der Waals surface area contributed by atoms with E-state index < -0.39 is 0 Å². The van der Waals surface area contributed by atoms with Crippen LogP contribution in [0.5, 0.6) is 0 Å². The first-order valence-electron chi connectivity index (χ1n) is 5.29. The molecule has 0 saturated heterocycles. The first-order valence-corrected chi connectivity index (χ1v) is 5.29. The Morgan fingerprint density at radius 2 is 1.80 bits per heavy atom. The van der Waals surface area contributed by atoms with E-state index in [1.165, 1.54) is 0 Å². The van der Waals surface area contributed by atoms with Crippen molar-refractivity contribution in [1.29, 1.82) is 0 Å². The SMILES string of the molecule is CC(C)(C)C(C)(C)/N=C/c1ccccn1. The lowest BCUT2D eigenvalue weighted by atomic mass is 9.77. The summed E-state index contributed by atoms with van der Waals surface area (Å²) in [7, 11) is 0. The maximum absolute atomic E-state index is 4.61. The van der Waals surface area contributed by atoms with Gasteiger partial charge >= 0.3 is 0 Å². The molecule has 0 aromatic carbocycles. The Hall–Kier alpha value is -1.18. The second-order valence-electron chi connectivity index (χ2n) is 5.32. The molecule has 1 aromatic heterocycles. The van der Waals surface area contributed by atoms with Gasteiger partial charge in [0.2, 0.25) is 0 Å². The van der Waals surface area contributed by atoms with Gasteiger partial charge in [-0.1, -0.05) is 26.8 Å². The highest BCUT2D eigenvalue weighted by atomic mass is 14.9. The quantitative estimate of drug-likeness (QED) is 0.678. The molecule has 0 spiro atoms. The van der Waals surface area contributed by atoms with Gasteiger partial charge in [0.05, 0.1) is 11.2 Å². The highest BCUT2D eigenvalue weighted by Gasteiger charge is 2.31. The third-order valence-electron chi connectivity index (χ3n) is 3.04. The minimum absolute atomic E-state index is 0.0788. The van der Waals surface area contributed by atoms with Gasteiger partial charge in [-0.2, -0.15) is 0 Å². The summed E-state index contributed by atoms with van der Waals surface area (Å²) in [6.45, 7) is 10.9. The van der Waals surface area contributed by atoms with E-state index in [2.05, 4.69) is 44.6 Å². The molecule has 1 aromatic rings. The normalized spacial score (nSPS) is 13.4. The number of aromatic nitrogens is 1. The van der Waals surface area contributed by atoms with Gasteiger partial charge in [-0.3, -0.25) is 9.98 Å². The Labute approximate surface area is 92.5 Å². The van der Waals surface area contributed by atoms with Crippen LogP contribution in [0.3, 0.4) is 0 Å². The van der Waals surface area contributed by atoms with Crippen LogP contribution in [0, 0.1) is 5.41 Å². The fourth-order valence-corrected chi connectivity index (χ4v) is 0.873. The molecule has 0 aliphatic carbocycles. The van der Waals surface area contributed by atoms with Crippen LogP contribution in [0.2, 0.25) is 0 Å². The highest BCUT2D eigenvalue weighted by Crippen LogP contribution is 2.32. The van der Waals surface area contributed by atoms with Crippen molar-refractivity contribution in [1.82, 2.24) is 4.98 Å². The molecule has 15 heavy (non-hydrogen) atoms. The van der Waals surface area contributed by atoms with E-state index in [9.17, 15) is 0 Å². The molecule has 0 saturated carbocycles. The Bertz CT molecular complexity index is 331. The number of hydrogen-bond donors (Lipinski definition) is 0. The molecule has 1 rings (SSSR count). The molecule has 1 heterocycles. The number of nitrogens with zero attached hydrogens (tertiary/aromatic N) is 2. The molecule has 0 aliphatic heterocycles. The van der Waals surface area contributed by atoms with Crippen LogP contribution in [0.4, 0.5) is 0 Å². The lowest BCUT2D eigenvalue weighted by molar-refractivity contribution is 0.234. The fraction of sp³-hybridized carbons (Fsp3) is 0.538. The van der Waals surface area contributed by atoms with Crippen molar-refractivity contribution in [3.8, 4) is 0 Å². The second-order valence-corrected chi connectivity index (χ2v) is 5.32. The molecular formula is C13H20N2. The monoisotopic (exact) mass is 204 g/mol. The molecule has 0 bridgehead atoms. The van der Waals surface area contributed by atoms with E-state index in [-0.39, 0.29) is 11.0 Å². The molecular weight excluding hydrogens is 184 g/mol. The van der Waals surface area contributed by atoms with Gasteiger partial charge in [0.25, 0.3) is 0 Å². The maximum atomic E-state index is 4.61. The van der Waals surface area contributed by atoms with Crippen LogP contribution >= 0.6 is 0 Å². The van der Waals surface area contributed by atoms with Crippen LogP contribution in [0.25, 0.3) is 0 Å². The average Bonchev–Trinajstić information content (AvgIpc) is 2.15. The largest absolute Gasteiger partial charge is 0.284 e. The van der Waals surface area contributed by atoms with Crippen molar-refractivity contribution in [2.24, 2.45) is 10.4 Å². The van der Waals surface area contributed by atoms with Crippen LogP contribution < -0.4 is 0 Å². The molecule has 0 radical (unpaired) electrons. The predicted octanol–water partition coefficient (Wildman–Crippen LogP) is 3.33. The van der Waals surface area contributed by atoms with Crippen LogP contribution in [0.15, 0.2) is 29.4 Å². The van der Waals surface area contributed by atoms with Crippen molar-refractivity contribution < 1.29 is 0 Å². The number of pyridine rings is 1. The molecule has 0 unspecified atom stereocenters. The van der Waals surface area contributed by atoms with Crippen LogP contribution in [-0.2, 0) is 0 Å². The second kappa shape index (κ2) is 4.13. The smallest absolute Gasteiger partial charge is 0.0808 e. The standard InChI is InChI=1S/C13H20N2/c1-12(2,3)13(4,5)15-10-11-8-6-7-9-14-11/h6-10H,1-5H3/b15-10+.